The molecular formula is C19H18N8O2S3. The van der Waals surface area contributed by atoms with Crippen LogP contribution in [0.15, 0.2) is 73.6 Å². The Morgan fingerprint density at radius 1 is 1.31 bits per heavy atom. The van der Waals surface area contributed by atoms with Gasteiger partial charge in [-0.25, -0.2) is 23.8 Å². The number of hydrogen-bond donors (Lipinski definition) is 3. The molecule has 5 rings (SSSR count). The van der Waals surface area contributed by atoms with Crippen LogP contribution < -0.4 is 15.6 Å². The number of nitrogens with one attached hydrogen (secondary N) is 3. The molecule has 3 N–H and O–H groups in total. The molecule has 1 fully saturated rings. The highest BCUT2D eigenvalue weighted by molar-refractivity contribution is 7.99. The van der Waals surface area contributed by atoms with Crippen LogP contribution in [-0.4, -0.2) is 39.6 Å². The second-order valence-corrected chi connectivity index (χ2v) is 10.9. The van der Waals surface area contributed by atoms with Gasteiger partial charge in [0, 0.05) is 41.5 Å². The number of aliphatic imine (C=N–C) groups is 1. The third-order valence-electron chi connectivity index (χ3n) is 4.55. The first-order chi connectivity index (χ1) is 15.5. The second kappa shape index (κ2) is 8.50. The summed E-state index contributed by atoms with van der Waals surface area (Å²) in [6.45, 7) is 2.07. The zero-order chi connectivity index (χ0) is 22.1. The molecule has 10 nitrogen and oxygen atoms in total. The summed E-state index contributed by atoms with van der Waals surface area (Å²) >= 11 is 2.52. The second-order valence-electron chi connectivity index (χ2n) is 7.04. The first-order valence-corrected chi connectivity index (χ1v) is 12.8. The van der Waals surface area contributed by atoms with Crippen LogP contribution >= 0.6 is 23.1 Å². The van der Waals surface area contributed by atoms with Gasteiger partial charge in [0.25, 0.3) is 10.0 Å². The number of fused-ring (bicyclic) bond motifs is 1. The van der Waals surface area contributed by atoms with E-state index in [0.717, 1.165) is 39.2 Å². The van der Waals surface area contributed by atoms with Gasteiger partial charge >= 0.3 is 0 Å². The summed E-state index contributed by atoms with van der Waals surface area (Å²) in [5.41, 5.74) is 8.90. The average molecular weight is 487 g/mol. The highest BCUT2D eigenvalue weighted by Crippen LogP contribution is 2.30. The molecule has 4 aromatic rings. The van der Waals surface area contributed by atoms with Crippen molar-refractivity contribution < 1.29 is 8.42 Å². The SMILES string of the molecule is CC1C/C(=N\c2nc(Sc3ccc(NS(=O)(=O)c4cncs4)cc3)cc3nccn23)NN1. The maximum Gasteiger partial charge on any atom is 0.273 e. The van der Waals surface area contributed by atoms with E-state index >= 15 is 0 Å². The normalized spacial score (nSPS) is 17.7. The van der Waals surface area contributed by atoms with Gasteiger partial charge in [-0.2, -0.15) is 4.99 Å². The minimum atomic E-state index is -3.63. The van der Waals surface area contributed by atoms with Crippen LogP contribution in [0.25, 0.3) is 5.65 Å². The monoisotopic (exact) mass is 486 g/mol. The smallest absolute Gasteiger partial charge is 0.273 e. The number of amidine groups is 1. The molecule has 0 bridgehead atoms. The van der Waals surface area contributed by atoms with E-state index < -0.39 is 10.0 Å². The van der Waals surface area contributed by atoms with E-state index in [1.165, 1.54) is 23.5 Å². The molecule has 164 valence electrons. The van der Waals surface area contributed by atoms with Crippen LogP contribution in [-0.2, 0) is 10.0 Å². The lowest BCUT2D eigenvalue weighted by atomic mass is 10.3. The molecule has 0 spiro atoms. The fourth-order valence-corrected chi connectivity index (χ4v) is 5.72. The molecule has 1 aliphatic rings. The molecule has 13 heteroatoms. The minimum Gasteiger partial charge on any atom is -0.309 e. The van der Waals surface area contributed by atoms with Crippen LogP contribution in [0, 0.1) is 0 Å². The molecule has 1 saturated heterocycles. The van der Waals surface area contributed by atoms with Gasteiger partial charge < -0.3 is 5.43 Å². The van der Waals surface area contributed by atoms with Gasteiger partial charge in [0.2, 0.25) is 5.95 Å². The van der Waals surface area contributed by atoms with Gasteiger partial charge in [-0.15, -0.1) is 11.3 Å². The van der Waals surface area contributed by atoms with Gasteiger partial charge in [-0.1, -0.05) is 11.8 Å². The van der Waals surface area contributed by atoms with Crippen molar-refractivity contribution >= 4 is 56.2 Å². The Kier molecular flexibility index (Phi) is 5.55. The lowest BCUT2D eigenvalue weighted by Gasteiger charge is -2.08. The molecule has 0 amide bonds. The molecular weight excluding hydrogens is 468 g/mol. The van der Waals surface area contributed by atoms with Gasteiger partial charge in [-0.3, -0.25) is 14.1 Å². The van der Waals surface area contributed by atoms with Crippen molar-refractivity contribution in [2.75, 3.05) is 4.72 Å². The Balaban J connectivity index is 1.37. The maximum atomic E-state index is 12.4. The standard InChI is InChI=1S/C19H18N8O2S3/c1-12-8-15(25-24-12)22-19-23-17(9-16-21-6-7-27(16)19)31-14-4-2-13(3-5-14)26-32(28,29)18-10-20-11-30-18/h2-7,9-12,24,26H,8H2,1H3,(H,22,23,25). The summed E-state index contributed by atoms with van der Waals surface area (Å²) in [4.78, 5) is 18.4. The van der Waals surface area contributed by atoms with E-state index in [1.807, 2.05) is 28.8 Å². The Morgan fingerprint density at radius 2 is 2.16 bits per heavy atom. The van der Waals surface area contributed by atoms with E-state index in [0.29, 0.717) is 17.7 Å². The summed E-state index contributed by atoms with van der Waals surface area (Å²) in [5, 5.41) is 0.736. The third-order valence-corrected chi connectivity index (χ3v) is 8.13. The van der Waals surface area contributed by atoms with Crippen molar-refractivity contribution in [2.45, 2.75) is 33.5 Å². The number of rotatable bonds is 6. The van der Waals surface area contributed by atoms with Crippen molar-refractivity contribution in [2.24, 2.45) is 4.99 Å². The molecule has 1 unspecified atom stereocenters. The summed E-state index contributed by atoms with van der Waals surface area (Å²) in [7, 11) is -3.63. The largest absolute Gasteiger partial charge is 0.309 e. The van der Waals surface area contributed by atoms with Crippen molar-refractivity contribution in [1.82, 2.24) is 30.2 Å². The van der Waals surface area contributed by atoms with Crippen LogP contribution in [0.3, 0.4) is 0 Å². The van der Waals surface area contributed by atoms with Crippen LogP contribution in [0.2, 0.25) is 0 Å². The Morgan fingerprint density at radius 3 is 2.88 bits per heavy atom. The van der Waals surface area contributed by atoms with Crippen LogP contribution in [0.1, 0.15) is 13.3 Å². The molecule has 3 aromatic heterocycles. The molecule has 32 heavy (non-hydrogen) atoms. The summed E-state index contributed by atoms with van der Waals surface area (Å²) < 4.78 is 29.3. The number of nitrogens with zero attached hydrogens (tertiary/aromatic N) is 5. The Bertz CT molecular complexity index is 1380. The van der Waals surface area contributed by atoms with Gasteiger partial charge in [0.15, 0.2) is 4.21 Å². The summed E-state index contributed by atoms with van der Waals surface area (Å²) in [6, 6.07) is 9.29. The van der Waals surface area contributed by atoms with Gasteiger partial charge in [-0.05, 0) is 31.2 Å². The third kappa shape index (κ3) is 4.46. The number of imidazole rings is 1. The summed E-state index contributed by atoms with van der Waals surface area (Å²) in [5.74, 6) is 1.36. The first kappa shape index (κ1) is 20.9. The predicted octanol–water partition coefficient (Wildman–Crippen LogP) is 3.05. The molecule has 1 atom stereocenters. The summed E-state index contributed by atoms with van der Waals surface area (Å²) in [6.07, 6.45) is 5.65. The Hall–Kier alpha value is -3.00. The molecule has 1 aliphatic heterocycles. The topological polar surface area (TPSA) is 126 Å². The van der Waals surface area contributed by atoms with E-state index in [2.05, 4.69) is 42.4 Å². The van der Waals surface area contributed by atoms with E-state index in [1.54, 1.807) is 18.3 Å². The van der Waals surface area contributed by atoms with Crippen molar-refractivity contribution in [1.29, 1.82) is 0 Å². The first-order valence-electron chi connectivity index (χ1n) is 9.59. The van der Waals surface area contributed by atoms with E-state index in [4.69, 9.17) is 0 Å². The zero-order valence-corrected chi connectivity index (χ0v) is 19.2. The van der Waals surface area contributed by atoms with E-state index in [9.17, 15) is 8.42 Å². The predicted molar refractivity (Wildman–Crippen MR) is 124 cm³/mol. The van der Waals surface area contributed by atoms with Crippen molar-refractivity contribution in [3.8, 4) is 0 Å². The number of hydrazine groups is 1. The lowest BCUT2D eigenvalue weighted by molar-refractivity contribution is 0.602. The fourth-order valence-electron chi connectivity index (χ4n) is 3.06. The zero-order valence-electron chi connectivity index (χ0n) is 16.8. The van der Waals surface area contributed by atoms with Crippen molar-refractivity contribution in [3.05, 3.63) is 54.4 Å². The van der Waals surface area contributed by atoms with E-state index in [-0.39, 0.29) is 4.21 Å². The number of sulfonamides is 1. The quantitative estimate of drug-likeness (QED) is 0.355. The highest BCUT2D eigenvalue weighted by atomic mass is 32.2. The van der Waals surface area contributed by atoms with Crippen molar-refractivity contribution in [3.63, 3.8) is 0 Å². The number of thiazole rings is 1. The number of benzene rings is 1. The Labute approximate surface area is 192 Å². The molecule has 1 aromatic carbocycles. The molecule has 0 radical (unpaired) electrons. The van der Waals surface area contributed by atoms with Crippen LogP contribution in [0.5, 0.6) is 0 Å². The molecule has 0 aliphatic carbocycles. The molecule has 4 heterocycles. The fraction of sp³-hybridized carbons (Fsp3) is 0.158. The minimum absolute atomic E-state index is 0.170. The molecule has 0 saturated carbocycles. The maximum absolute atomic E-state index is 12.4. The number of hydrogen-bond acceptors (Lipinski definition) is 9. The van der Waals surface area contributed by atoms with Gasteiger partial charge in [0.1, 0.15) is 16.5 Å². The number of anilines is 1. The number of aromatic nitrogens is 4. The average Bonchev–Trinajstić information content (AvgIpc) is 3.51. The lowest BCUT2D eigenvalue weighted by Crippen LogP contribution is -2.29. The van der Waals surface area contributed by atoms with Crippen LogP contribution in [0.4, 0.5) is 11.6 Å². The van der Waals surface area contributed by atoms with Gasteiger partial charge in [0.05, 0.1) is 11.7 Å². The highest BCUT2D eigenvalue weighted by Gasteiger charge is 2.17.